The summed E-state index contributed by atoms with van der Waals surface area (Å²) in [6.07, 6.45) is 4.21. The fourth-order valence-corrected chi connectivity index (χ4v) is 2.02. The Labute approximate surface area is 125 Å². The first-order valence-corrected chi connectivity index (χ1v) is 7.11. The van der Waals surface area contributed by atoms with Gasteiger partial charge in [0.1, 0.15) is 11.5 Å². The van der Waals surface area contributed by atoms with Crippen molar-refractivity contribution in [1.82, 2.24) is 4.98 Å². The number of benzene rings is 1. The number of hydrogen-bond acceptors (Lipinski definition) is 4. The van der Waals surface area contributed by atoms with E-state index in [0.29, 0.717) is 18.8 Å². The molecule has 0 aliphatic rings. The molecule has 0 saturated carbocycles. The maximum Gasteiger partial charge on any atom is 0.137 e. The summed E-state index contributed by atoms with van der Waals surface area (Å²) in [4.78, 5) is 4.12. The smallest absolute Gasteiger partial charge is 0.137 e. The van der Waals surface area contributed by atoms with Gasteiger partial charge in [0.2, 0.25) is 0 Å². The highest BCUT2D eigenvalue weighted by Crippen LogP contribution is 2.22. The van der Waals surface area contributed by atoms with Gasteiger partial charge in [0.25, 0.3) is 0 Å². The topological polar surface area (TPSA) is 51.6 Å². The summed E-state index contributed by atoms with van der Waals surface area (Å²) in [6.45, 7) is 2.70. The van der Waals surface area contributed by atoms with Crippen molar-refractivity contribution >= 4 is 0 Å². The highest BCUT2D eigenvalue weighted by Gasteiger charge is 2.10. The molecule has 0 spiro atoms. The van der Waals surface area contributed by atoms with Crippen LogP contribution in [0.4, 0.5) is 0 Å². The minimum atomic E-state index is -0.601. The summed E-state index contributed by atoms with van der Waals surface area (Å²) < 4.78 is 10.7. The van der Waals surface area contributed by atoms with E-state index >= 15 is 0 Å². The van der Waals surface area contributed by atoms with E-state index in [2.05, 4.69) is 11.9 Å². The molecule has 1 N–H and O–H groups in total. The van der Waals surface area contributed by atoms with Crippen LogP contribution in [0.5, 0.6) is 11.5 Å². The Morgan fingerprint density at radius 1 is 1.14 bits per heavy atom. The first-order chi connectivity index (χ1) is 10.2. The van der Waals surface area contributed by atoms with Crippen molar-refractivity contribution in [3.8, 4) is 11.5 Å². The molecule has 1 aromatic heterocycles. The number of aromatic nitrogens is 1. The molecule has 2 aromatic rings. The summed E-state index contributed by atoms with van der Waals surface area (Å²) >= 11 is 0. The maximum atomic E-state index is 10.3. The standard InChI is InChI=1S/C17H21NO3/c1-3-8-21-16-10-14(11-18-12-16)17(19)9-13-4-6-15(20-2)7-5-13/h4-7,10-12,17,19H,3,8-9H2,1-2H3. The molecule has 0 aliphatic carbocycles. The molecule has 112 valence electrons. The largest absolute Gasteiger partial charge is 0.497 e. The molecule has 0 amide bonds. The van der Waals surface area contributed by atoms with Gasteiger partial charge >= 0.3 is 0 Å². The Hall–Kier alpha value is -2.07. The van der Waals surface area contributed by atoms with Crippen molar-refractivity contribution < 1.29 is 14.6 Å². The van der Waals surface area contributed by atoms with Gasteiger partial charge in [-0.1, -0.05) is 19.1 Å². The first-order valence-electron chi connectivity index (χ1n) is 7.11. The number of ether oxygens (including phenoxy) is 2. The van der Waals surface area contributed by atoms with Gasteiger partial charge in [-0.05, 0) is 30.2 Å². The fourth-order valence-electron chi connectivity index (χ4n) is 2.02. The summed E-state index contributed by atoms with van der Waals surface area (Å²) in [5.41, 5.74) is 1.81. The molecule has 21 heavy (non-hydrogen) atoms. The Bertz CT molecular complexity index is 554. The molecular formula is C17H21NO3. The summed E-state index contributed by atoms with van der Waals surface area (Å²) in [6, 6.07) is 9.53. The molecule has 0 saturated heterocycles. The summed E-state index contributed by atoms with van der Waals surface area (Å²) in [5, 5.41) is 10.3. The number of aliphatic hydroxyl groups is 1. The average molecular weight is 287 g/mol. The van der Waals surface area contributed by atoms with Crippen molar-refractivity contribution in [2.24, 2.45) is 0 Å². The SMILES string of the molecule is CCCOc1cncc(C(O)Cc2ccc(OC)cc2)c1. The van der Waals surface area contributed by atoms with Crippen LogP contribution < -0.4 is 9.47 Å². The van der Waals surface area contributed by atoms with E-state index in [1.165, 1.54) is 0 Å². The van der Waals surface area contributed by atoms with Gasteiger partial charge in [-0.25, -0.2) is 0 Å². The predicted octanol–water partition coefficient (Wildman–Crippen LogP) is 3.16. The molecule has 2 rings (SSSR count). The minimum absolute atomic E-state index is 0.531. The van der Waals surface area contributed by atoms with Crippen molar-refractivity contribution in [1.29, 1.82) is 0 Å². The normalized spacial score (nSPS) is 12.0. The second-order valence-corrected chi connectivity index (χ2v) is 4.87. The zero-order chi connectivity index (χ0) is 15.1. The fraction of sp³-hybridized carbons (Fsp3) is 0.353. The first kappa shape index (κ1) is 15.3. The Morgan fingerprint density at radius 2 is 1.90 bits per heavy atom. The molecule has 0 bridgehead atoms. The predicted molar refractivity (Wildman–Crippen MR) is 81.7 cm³/mol. The van der Waals surface area contributed by atoms with Crippen molar-refractivity contribution in [3.63, 3.8) is 0 Å². The quantitative estimate of drug-likeness (QED) is 0.850. The zero-order valence-corrected chi connectivity index (χ0v) is 12.5. The van der Waals surface area contributed by atoms with E-state index in [0.717, 1.165) is 23.3 Å². The van der Waals surface area contributed by atoms with E-state index in [1.807, 2.05) is 30.3 Å². The molecule has 0 aliphatic heterocycles. The Kier molecular flexibility index (Phi) is 5.58. The van der Waals surface area contributed by atoms with Gasteiger partial charge in [-0.3, -0.25) is 4.98 Å². The highest BCUT2D eigenvalue weighted by atomic mass is 16.5. The van der Waals surface area contributed by atoms with Crippen LogP contribution in [-0.4, -0.2) is 23.8 Å². The molecular weight excluding hydrogens is 266 g/mol. The molecule has 4 heteroatoms. The summed E-state index contributed by atoms with van der Waals surface area (Å²) in [7, 11) is 1.64. The van der Waals surface area contributed by atoms with E-state index in [-0.39, 0.29) is 0 Å². The molecule has 0 radical (unpaired) electrons. The molecule has 1 atom stereocenters. The lowest BCUT2D eigenvalue weighted by Gasteiger charge is -2.12. The molecule has 0 fully saturated rings. The van der Waals surface area contributed by atoms with Crippen LogP contribution in [0, 0.1) is 0 Å². The van der Waals surface area contributed by atoms with E-state index in [9.17, 15) is 5.11 Å². The van der Waals surface area contributed by atoms with Gasteiger partial charge in [-0.2, -0.15) is 0 Å². The van der Waals surface area contributed by atoms with E-state index in [4.69, 9.17) is 9.47 Å². The lowest BCUT2D eigenvalue weighted by Crippen LogP contribution is -2.04. The second-order valence-electron chi connectivity index (χ2n) is 4.87. The molecule has 1 heterocycles. The third-order valence-corrected chi connectivity index (χ3v) is 3.18. The van der Waals surface area contributed by atoms with E-state index < -0.39 is 6.10 Å². The van der Waals surface area contributed by atoms with Crippen LogP contribution in [0.25, 0.3) is 0 Å². The molecule has 1 unspecified atom stereocenters. The Morgan fingerprint density at radius 3 is 2.57 bits per heavy atom. The zero-order valence-electron chi connectivity index (χ0n) is 12.5. The lowest BCUT2D eigenvalue weighted by atomic mass is 10.0. The van der Waals surface area contributed by atoms with Crippen LogP contribution in [-0.2, 0) is 6.42 Å². The van der Waals surface area contributed by atoms with Crippen LogP contribution in [0.1, 0.15) is 30.6 Å². The second kappa shape index (κ2) is 7.64. The highest BCUT2D eigenvalue weighted by molar-refractivity contribution is 5.30. The average Bonchev–Trinajstić information content (AvgIpc) is 2.54. The number of pyridine rings is 1. The number of hydrogen-bond donors (Lipinski definition) is 1. The molecule has 1 aromatic carbocycles. The Balaban J connectivity index is 2.03. The van der Waals surface area contributed by atoms with Crippen molar-refractivity contribution in [2.45, 2.75) is 25.9 Å². The van der Waals surface area contributed by atoms with Gasteiger partial charge in [0.15, 0.2) is 0 Å². The van der Waals surface area contributed by atoms with Gasteiger partial charge in [0.05, 0.1) is 26.0 Å². The number of methoxy groups -OCH3 is 1. The van der Waals surface area contributed by atoms with Gasteiger partial charge < -0.3 is 14.6 Å². The molecule has 4 nitrogen and oxygen atoms in total. The number of aliphatic hydroxyl groups excluding tert-OH is 1. The van der Waals surface area contributed by atoms with Crippen LogP contribution in [0.3, 0.4) is 0 Å². The van der Waals surface area contributed by atoms with Crippen molar-refractivity contribution in [2.75, 3.05) is 13.7 Å². The lowest BCUT2D eigenvalue weighted by molar-refractivity contribution is 0.177. The summed E-state index contributed by atoms with van der Waals surface area (Å²) in [5.74, 6) is 1.51. The number of rotatable bonds is 7. The third kappa shape index (κ3) is 4.46. The monoisotopic (exact) mass is 287 g/mol. The number of nitrogens with zero attached hydrogens (tertiary/aromatic N) is 1. The third-order valence-electron chi connectivity index (χ3n) is 3.18. The van der Waals surface area contributed by atoms with Crippen LogP contribution in [0.2, 0.25) is 0 Å². The van der Waals surface area contributed by atoms with Gasteiger partial charge in [0, 0.05) is 18.2 Å². The van der Waals surface area contributed by atoms with Crippen LogP contribution >= 0.6 is 0 Å². The van der Waals surface area contributed by atoms with Crippen molar-refractivity contribution in [3.05, 3.63) is 53.9 Å². The maximum absolute atomic E-state index is 10.3. The van der Waals surface area contributed by atoms with Gasteiger partial charge in [-0.15, -0.1) is 0 Å². The minimum Gasteiger partial charge on any atom is -0.497 e. The van der Waals surface area contributed by atoms with E-state index in [1.54, 1.807) is 19.5 Å². The van der Waals surface area contributed by atoms with Crippen LogP contribution in [0.15, 0.2) is 42.7 Å².